The summed E-state index contributed by atoms with van der Waals surface area (Å²) in [7, 11) is 0. The van der Waals surface area contributed by atoms with Gasteiger partial charge in [-0.1, -0.05) is 30.3 Å². The van der Waals surface area contributed by atoms with E-state index in [0.717, 1.165) is 41.7 Å². The van der Waals surface area contributed by atoms with Crippen LogP contribution in [0.2, 0.25) is 0 Å². The number of para-hydroxylation sites is 1. The van der Waals surface area contributed by atoms with Crippen LogP contribution in [-0.4, -0.2) is 27.5 Å². The van der Waals surface area contributed by atoms with Gasteiger partial charge >= 0.3 is 0 Å². The van der Waals surface area contributed by atoms with Gasteiger partial charge < -0.3 is 10.2 Å². The Kier molecular flexibility index (Phi) is 3.91. The number of aromatic amines is 1. The topological polar surface area (TPSA) is 61.0 Å². The Balaban J connectivity index is 1.46. The molecule has 0 saturated carbocycles. The van der Waals surface area contributed by atoms with E-state index in [9.17, 15) is 4.79 Å². The molecule has 0 aliphatic carbocycles. The van der Waals surface area contributed by atoms with E-state index in [2.05, 4.69) is 45.8 Å². The summed E-state index contributed by atoms with van der Waals surface area (Å²) in [5, 5.41) is 11.7. The average Bonchev–Trinajstić information content (AvgIpc) is 3.23. The van der Waals surface area contributed by atoms with E-state index in [-0.39, 0.29) is 5.91 Å². The monoisotopic (exact) mass is 320 g/mol. The van der Waals surface area contributed by atoms with Gasteiger partial charge in [-0.3, -0.25) is 9.89 Å². The number of anilines is 1. The van der Waals surface area contributed by atoms with Gasteiger partial charge in [0.2, 0.25) is 5.91 Å². The highest BCUT2D eigenvalue weighted by molar-refractivity contribution is 5.81. The molecule has 4 rings (SSSR count). The molecule has 0 radical (unpaired) electrons. The second kappa shape index (κ2) is 6.35. The average molecular weight is 320 g/mol. The zero-order valence-electron chi connectivity index (χ0n) is 13.5. The summed E-state index contributed by atoms with van der Waals surface area (Å²) in [6, 6.07) is 14.5. The first-order valence-corrected chi connectivity index (χ1v) is 8.31. The SMILES string of the molecule is O=C1CCCN1Cc1cccc(NCc2cccc3cn[nH]c23)c1. The highest BCUT2D eigenvalue weighted by atomic mass is 16.2. The predicted molar refractivity (Wildman–Crippen MR) is 94.5 cm³/mol. The lowest BCUT2D eigenvalue weighted by Gasteiger charge is -2.16. The van der Waals surface area contributed by atoms with Crippen LogP contribution < -0.4 is 5.32 Å². The number of likely N-dealkylation sites (tertiary alicyclic amines) is 1. The third-order valence-corrected chi connectivity index (χ3v) is 4.52. The van der Waals surface area contributed by atoms with E-state index in [4.69, 9.17) is 0 Å². The molecule has 5 heteroatoms. The van der Waals surface area contributed by atoms with Crippen molar-refractivity contribution in [3.63, 3.8) is 0 Å². The number of hydrogen-bond acceptors (Lipinski definition) is 3. The van der Waals surface area contributed by atoms with E-state index < -0.39 is 0 Å². The smallest absolute Gasteiger partial charge is 0.222 e. The fraction of sp³-hybridized carbons (Fsp3) is 0.263. The molecule has 0 spiro atoms. The van der Waals surface area contributed by atoms with Crippen LogP contribution in [0.25, 0.3) is 10.9 Å². The van der Waals surface area contributed by atoms with Crippen LogP contribution in [0.15, 0.2) is 48.7 Å². The number of carbonyl (C=O) groups excluding carboxylic acids is 1. The molecule has 0 unspecified atom stereocenters. The number of aromatic nitrogens is 2. The van der Waals surface area contributed by atoms with E-state index in [1.165, 1.54) is 5.56 Å². The number of rotatable bonds is 5. The maximum absolute atomic E-state index is 11.8. The summed E-state index contributed by atoms with van der Waals surface area (Å²) in [6.07, 6.45) is 3.50. The molecule has 0 bridgehead atoms. The molecule has 3 aromatic rings. The molecule has 0 atom stereocenters. The van der Waals surface area contributed by atoms with Crippen LogP contribution in [-0.2, 0) is 17.9 Å². The minimum absolute atomic E-state index is 0.263. The summed E-state index contributed by atoms with van der Waals surface area (Å²) in [6.45, 7) is 2.30. The highest BCUT2D eigenvalue weighted by Crippen LogP contribution is 2.20. The zero-order chi connectivity index (χ0) is 16.4. The summed E-state index contributed by atoms with van der Waals surface area (Å²) in [4.78, 5) is 13.7. The van der Waals surface area contributed by atoms with Crippen molar-refractivity contribution >= 4 is 22.5 Å². The van der Waals surface area contributed by atoms with Crippen molar-refractivity contribution in [2.45, 2.75) is 25.9 Å². The van der Waals surface area contributed by atoms with Gasteiger partial charge in [0, 0.05) is 37.1 Å². The van der Waals surface area contributed by atoms with Crippen molar-refractivity contribution in [1.82, 2.24) is 15.1 Å². The maximum atomic E-state index is 11.8. The van der Waals surface area contributed by atoms with Crippen LogP contribution in [0.5, 0.6) is 0 Å². The van der Waals surface area contributed by atoms with Crippen molar-refractivity contribution in [3.05, 3.63) is 59.8 Å². The van der Waals surface area contributed by atoms with Crippen LogP contribution in [0, 0.1) is 0 Å². The number of nitrogens with zero attached hydrogens (tertiary/aromatic N) is 2. The van der Waals surface area contributed by atoms with Crippen LogP contribution >= 0.6 is 0 Å². The molecular weight excluding hydrogens is 300 g/mol. The van der Waals surface area contributed by atoms with Gasteiger partial charge in [0.05, 0.1) is 11.7 Å². The molecule has 1 aliphatic rings. The van der Waals surface area contributed by atoms with Gasteiger partial charge in [0.25, 0.3) is 0 Å². The van der Waals surface area contributed by atoms with Crippen LogP contribution in [0.1, 0.15) is 24.0 Å². The van der Waals surface area contributed by atoms with Gasteiger partial charge in [0.15, 0.2) is 0 Å². The van der Waals surface area contributed by atoms with Crippen molar-refractivity contribution in [3.8, 4) is 0 Å². The number of nitrogens with one attached hydrogen (secondary N) is 2. The number of H-pyrrole nitrogens is 1. The summed E-state index contributed by atoms with van der Waals surface area (Å²) < 4.78 is 0. The first-order valence-electron chi connectivity index (χ1n) is 8.31. The summed E-state index contributed by atoms with van der Waals surface area (Å²) in [5.74, 6) is 0.263. The molecular formula is C19H20N4O. The minimum atomic E-state index is 0.263. The molecule has 24 heavy (non-hydrogen) atoms. The van der Waals surface area contributed by atoms with Gasteiger partial charge in [0.1, 0.15) is 0 Å². The molecule has 1 saturated heterocycles. The molecule has 1 amide bonds. The molecule has 2 N–H and O–H groups in total. The number of fused-ring (bicyclic) bond motifs is 1. The molecule has 2 aromatic carbocycles. The highest BCUT2D eigenvalue weighted by Gasteiger charge is 2.19. The van der Waals surface area contributed by atoms with Gasteiger partial charge in [-0.15, -0.1) is 0 Å². The fourth-order valence-electron chi connectivity index (χ4n) is 3.25. The molecule has 2 heterocycles. The Morgan fingerprint density at radius 3 is 3.00 bits per heavy atom. The minimum Gasteiger partial charge on any atom is -0.381 e. The predicted octanol–water partition coefficient (Wildman–Crippen LogP) is 3.30. The van der Waals surface area contributed by atoms with E-state index in [0.29, 0.717) is 13.0 Å². The zero-order valence-corrected chi connectivity index (χ0v) is 13.5. The number of carbonyl (C=O) groups is 1. The van der Waals surface area contributed by atoms with Crippen molar-refractivity contribution in [2.24, 2.45) is 0 Å². The number of amides is 1. The van der Waals surface area contributed by atoms with E-state index in [1.54, 1.807) is 0 Å². The summed E-state index contributed by atoms with van der Waals surface area (Å²) >= 11 is 0. The van der Waals surface area contributed by atoms with E-state index in [1.807, 2.05) is 23.2 Å². The lowest BCUT2D eigenvalue weighted by atomic mass is 10.1. The Labute approximate surface area is 140 Å². The molecule has 1 aliphatic heterocycles. The second-order valence-corrected chi connectivity index (χ2v) is 6.22. The first-order chi connectivity index (χ1) is 11.8. The largest absolute Gasteiger partial charge is 0.381 e. The third-order valence-electron chi connectivity index (χ3n) is 4.52. The standard InChI is InChI=1S/C19H20N4O/c24-18-8-3-9-23(18)13-14-4-1-7-17(10-14)20-11-15-5-2-6-16-12-21-22-19(15)16/h1-2,4-7,10,12,20H,3,8-9,11,13H2,(H,21,22). The van der Waals surface area contributed by atoms with E-state index >= 15 is 0 Å². The van der Waals surface area contributed by atoms with Crippen molar-refractivity contribution in [2.75, 3.05) is 11.9 Å². The Hall–Kier alpha value is -2.82. The number of hydrogen-bond donors (Lipinski definition) is 2. The first kappa shape index (κ1) is 14.8. The second-order valence-electron chi connectivity index (χ2n) is 6.22. The van der Waals surface area contributed by atoms with Crippen LogP contribution in [0.4, 0.5) is 5.69 Å². The number of benzene rings is 2. The molecule has 1 fully saturated rings. The Bertz CT molecular complexity index is 870. The lowest BCUT2D eigenvalue weighted by molar-refractivity contribution is -0.128. The molecule has 122 valence electrons. The van der Waals surface area contributed by atoms with Crippen LogP contribution in [0.3, 0.4) is 0 Å². The van der Waals surface area contributed by atoms with Crippen molar-refractivity contribution < 1.29 is 4.79 Å². The molecule has 1 aromatic heterocycles. The lowest BCUT2D eigenvalue weighted by Crippen LogP contribution is -2.23. The third kappa shape index (κ3) is 2.97. The van der Waals surface area contributed by atoms with Crippen molar-refractivity contribution in [1.29, 1.82) is 0 Å². The maximum Gasteiger partial charge on any atom is 0.222 e. The normalized spacial score (nSPS) is 14.5. The Morgan fingerprint density at radius 1 is 1.21 bits per heavy atom. The van der Waals surface area contributed by atoms with Gasteiger partial charge in [-0.05, 0) is 29.7 Å². The summed E-state index contributed by atoms with van der Waals surface area (Å²) in [5.41, 5.74) is 4.49. The van der Waals surface area contributed by atoms with Gasteiger partial charge in [-0.25, -0.2) is 0 Å². The molecule has 5 nitrogen and oxygen atoms in total. The fourth-order valence-corrected chi connectivity index (χ4v) is 3.25. The Morgan fingerprint density at radius 2 is 2.12 bits per heavy atom. The van der Waals surface area contributed by atoms with Gasteiger partial charge in [-0.2, -0.15) is 5.10 Å². The quantitative estimate of drug-likeness (QED) is 0.758.